The summed E-state index contributed by atoms with van der Waals surface area (Å²) in [5.41, 5.74) is 0.971. The van der Waals surface area contributed by atoms with Gasteiger partial charge in [0.15, 0.2) is 23.2 Å². The Balaban J connectivity index is 2.48. The molecule has 0 aliphatic carbocycles. The van der Waals surface area contributed by atoms with Gasteiger partial charge >= 0.3 is 5.97 Å². The van der Waals surface area contributed by atoms with E-state index in [2.05, 4.69) is 17.2 Å². The van der Waals surface area contributed by atoms with Crippen molar-refractivity contribution in [2.24, 2.45) is 0 Å². The Morgan fingerprint density at radius 3 is 2.50 bits per heavy atom. The second-order valence-electron chi connectivity index (χ2n) is 5.18. The number of thiocarbonyl (C=S) groups is 1. The molecule has 1 aliphatic heterocycles. The summed E-state index contributed by atoms with van der Waals surface area (Å²) < 4.78 is 10.6. The Bertz CT molecular complexity index is 809. The molecule has 2 amide bonds. The zero-order valence-electron chi connectivity index (χ0n) is 13.8. The van der Waals surface area contributed by atoms with E-state index in [1.165, 1.54) is 19.3 Å². The molecule has 136 valence electrons. The van der Waals surface area contributed by atoms with Crippen molar-refractivity contribution in [3.8, 4) is 11.5 Å². The van der Waals surface area contributed by atoms with E-state index in [1.54, 1.807) is 12.1 Å². The molecule has 1 aromatic carbocycles. The fourth-order valence-electron chi connectivity index (χ4n) is 2.30. The highest BCUT2D eigenvalue weighted by Crippen LogP contribution is 2.34. The van der Waals surface area contributed by atoms with Crippen molar-refractivity contribution in [1.29, 1.82) is 0 Å². The van der Waals surface area contributed by atoms with Crippen LogP contribution in [-0.4, -0.2) is 41.7 Å². The van der Waals surface area contributed by atoms with E-state index >= 15 is 0 Å². The number of carbonyl (C=O) groups excluding carboxylic acids is 2. The molecule has 26 heavy (non-hydrogen) atoms. The predicted molar refractivity (Wildman–Crippen MR) is 96.9 cm³/mol. The van der Waals surface area contributed by atoms with Gasteiger partial charge in [-0.2, -0.15) is 0 Å². The first-order valence-corrected chi connectivity index (χ1v) is 7.81. The SMILES string of the molecule is C=CCc1cc(C=C2C(=O)NC(=S)NC2=O)cc(OC)c1OCC(=O)O. The Morgan fingerprint density at radius 2 is 1.96 bits per heavy atom. The number of aliphatic carboxylic acids is 1. The lowest BCUT2D eigenvalue weighted by atomic mass is 10.0. The van der Waals surface area contributed by atoms with Crippen LogP contribution in [0.5, 0.6) is 11.5 Å². The molecule has 2 rings (SSSR count). The van der Waals surface area contributed by atoms with E-state index in [1.807, 2.05) is 0 Å². The lowest BCUT2D eigenvalue weighted by Gasteiger charge is -2.17. The Hall–Kier alpha value is -3.20. The van der Waals surface area contributed by atoms with Gasteiger partial charge in [0.1, 0.15) is 5.57 Å². The minimum Gasteiger partial charge on any atom is -0.493 e. The van der Waals surface area contributed by atoms with Gasteiger partial charge in [0.25, 0.3) is 11.8 Å². The van der Waals surface area contributed by atoms with Crippen LogP contribution in [0, 0.1) is 0 Å². The summed E-state index contributed by atoms with van der Waals surface area (Å²) in [7, 11) is 1.40. The van der Waals surface area contributed by atoms with Gasteiger partial charge in [0, 0.05) is 5.56 Å². The Morgan fingerprint density at radius 1 is 1.31 bits per heavy atom. The van der Waals surface area contributed by atoms with Gasteiger partial charge < -0.3 is 14.6 Å². The second-order valence-corrected chi connectivity index (χ2v) is 5.59. The van der Waals surface area contributed by atoms with Crippen molar-refractivity contribution in [1.82, 2.24) is 10.6 Å². The number of rotatable bonds is 7. The number of hydrogen-bond donors (Lipinski definition) is 3. The zero-order chi connectivity index (χ0) is 19.3. The maximum absolute atomic E-state index is 12.0. The van der Waals surface area contributed by atoms with Crippen molar-refractivity contribution in [2.75, 3.05) is 13.7 Å². The highest BCUT2D eigenvalue weighted by atomic mass is 32.1. The molecule has 0 atom stereocenters. The van der Waals surface area contributed by atoms with Gasteiger partial charge in [-0.3, -0.25) is 20.2 Å². The van der Waals surface area contributed by atoms with Crippen molar-refractivity contribution in [3.63, 3.8) is 0 Å². The van der Waals surface area contributed by atoms with Crippen molar-refractivity contribution in [2.45, 2.75) is 6.42 Å². The van der Waals surface area contributed by atoms with Crippen LogP contribution < -0.4 is 20.1 Å². The molecule has 1 heterocycles. The fraction of sp³-hybridized carbons (Fsp3) is 0.176. The third kappa shape index (κ3) is 4.45. The maximum Gasteiger partial charge on any atom is 0.341 e. The lowest BCUT2D eigenvalue weighted by Crippen LogP contribution is -2.51. The average Bonchev–Trinajstić information content (AvgIpc) is 2.56. The van der Waals surface area contributed by atoms with Crippen LogP contribution in [0.1, 0.15) is 11.1 Å². The van der Waals surface area contributed by atoms with E-state index in [4.69, 9.17) is 26.8 Å². The number of methoxy groups -OCH3 is 1. The Kier molecular flexibility index (Phi) is 6.07. The highest BCUT2D eigenvalue weighted by Gasteiger charge is 2.26. The first-order valence-electron chi connectivity index (χ1n) is 7.40. The monoisotopic (exact) mass is 376 g/mol. The van der Waals surface area contributed by atoms with Gasteiger partial charge in [-0.25, -0.2) is 4.79 Å². The first kappa shape index (κ1) is 19.1. The molecule has 1 saturated heterocycles. The third-order valence-electron chi connectivity index (χ3n) is 3.33. The van der Waals surface area contributed by atoms with Gasteiger partial charge in [0.05, 0.1) is 7.11 Å². The van der Waals surface area contributed by atoms with Crippen molar-refractivity contribution >= 4 is 41.2 Å². The molecule has 0 unspecified atom stereocenters. The summed E-state index contributed by atoms with van der Waals surface area (Å²) in [6.45, 7) is 3.12. The molecule has 0 spiro atoms. The van der Waals surface area contributed by atoms with Crippen LogP contribution in [0.3, 0.4) is 0 Å². The Labute approximate surface area is 154 Å². The summed E-state index contributed by atoms with van der Waals surface area (Å²) >= 11 is 4.75. The third-order valence-corrected chi connectivity index (χ3v) is 3.54. The van der Waals surface area contributed by atoms with Crippen LogP contribution >= 0.6 is 12.2 Å². The summed E-state index contributed by atoms with van der Waals surface area (Å²) in [5.74, 6) is -1.84. The quantitative estimate of drug-likeness (QED) is 0.279. The number of carboxylic acid groups (broad SMARTS) is 1. The molecular weight excluding hydrogens is 360 g/mol. The number of allylic oxidation sites excluding steroid dienone is 1. The summed E-state index contributed by atoms with van der Waals surface area (Å²) in [6.07, 6.45) is 3.35. The number of nitrogens with one attached hydrogen (secondary N) is 2. The minimum absolute atomic E-state index is 0.0560. The van der Waals surface area contributed by atoms with Gasteiger partial charge in [-0.05, 0) is 42.4 Å². The van der Waals surface area contributed by atoms with E-state index < -0.39 is 24.4 Å². The predicted octanol–water partition coefficient (Wildman–Crippen LogP) is 0.801. The molecule has 1 aliphatic rings. The minimum atomic E-state index is -1.13. The number of benzene rings is 1. The summed E-state index contributed by atoms with van der Waals surface area (Å²) in [6, 6.07) is 3.19. The molecule has 0 bridgehead atoms. The number of amides is 2. The molecule has 8 nitrogen and oxygen atoms in total. The normalized spacial score (nSPS) is 13.6. The smallest absolute Gasteiger partial charge is 0.341 e. The van der Waals surface area contributed by atoms with Crippen molar-refractivity contribution in [3.05, 3.63) is 41.5 Å². The van der Waals surface area contributed by atoms with Crippen LogP contribution in [0.15, 0.2) is 30.4 Å². The standard InChI is InChI=1S/C17H16N2O6S/c1-3-4-10-5-9(6-11-15(22)18-17(26)19-16(11)23)7-12(24-2)14(10)25-8-13(20)21/h3,5-7H,1,4,8H2,2H3,(H,20,21)(H2,18,19,22,23,26). The fourth-order valence-corrected chi connectivity index (χ4v) is 2.48. The zero-order valence-corrected chi connectivity index (χ0v) is 14.6. The molecular formula is C17H16N2O6S. The summed E-state index contributed by atoms with van der Waals surface area (Å²) in [5, 5.41) is 13.5. The molecule has 0 aromatic heterocycles. The van der Waals surface area contributed by atoms with E-state index in [9.17, 15) is 14.4 Å². The van der Waals surface area contributed by atoms with Crippen molar-refractivity contribution < 1.29 is 29.0 Å². The lowest BCUT2D eigenvalue weighted by molar-refractivity contribution is -0.139. The van der Waals surface area contributed by atoms with Crippen LogP contribution in [-0.2, 0) is 20.8 Å². The molecule has 1 fully saturated rings. The number of hydrogen-bond acceptors (Lipinski definition) is 6. The van der Waals surface area contributed by atoms with Crippen LogP contribution in [0.2, 0.25) is 0 Å². The average molecular weight is 376 g/mol. The maximum atomic E-state index is 12.0. The largest absolute Gasteiger partial charge is 0.493 e. The van der Waals surface area contributed by atoms with Crippen LogP contribution in [0.25, 0.3) is 6.08 Å². The topological polar surface area (TPSA) is 114 Å². The number of carbonyl (C=O) groups is 3. The van der Waals surface area contributed by atoms with Gasteiger partial charge in [-0.1, -0.05) is 6.08 Å². The highest BCUT2D eigenvalue weighted by molar-refractivity contribution is 7.80. The molecule has 1 aromatic rings. The number of ether oxygens (including phenoxy) is 2. The summed E-state index contributed by atoms with van der Waals surface area (Å²) in [4.78, 5) is 34.7. The first-order chi connectivity index (χ1) is 12.3. The van der Waals surface area contributed by atoms with Gasteiger partial charge in [-0.15, -0.1) is 6.58 Å². The van der Waals surface area contributed by atoms with Crippen LogP contribution in [0.4, 0.5) is 0 Å². The molecule has 0 radical (unpaired) electrons. The molecule has 0 saturated carbocycles. The number of carboxylic acids is 1. The van der Waals surface area contributed by atoms with Gasteiger partial charge in [0.2, 0.25) is 0 Å². The van der Waals surface area contributed by atoms with E-state index in [0.29, 0.717) is 17.5 Å². The second kappa shape index (κ2) is 8.26. The van der Waals surface area contributed by atoms with E-state index in [0.717, 1.165) is 0 Å². The van der Waals surface area contributed by atoms with E-state index in [-0.39, 0.29) is 22.2 Å². The molecule has 9 heteroatoms. The molecule has 3 N–H and O–H groups in total.